The smallest absolute Gasteiger partial charge is 0.347 e. The highest BCUT2D eigenvalue weighted by atomic mass is 35.5. The van der Waals surface area contributed by atoms with Gasteiger partial charge in [-0.1, -0.05) is 36.5 Å². The van der Waals surface area contributed by atoms with E-state index in [1.54, 1.807) is 29.4 Å². The Hall–Kier alpha value is -3.73. The van der Waals surface area contributed by atoms with E-state index in [-0.39, 0.29) is 23.8 Å². The van der Waals surface area contributed by atoms with Gasteiger partial charge < -0.3 is 14.4 Å². The highest BCUT2D eigenvalue weighted by molar-refractivity contribution is 6.30. The van der Waals surface area contributed by atoms with Gasteiger partial charge in [0.25, 0.3) is 0 Å². The lowest BCUT2D eigenvalue weighted by atomic mass is 9.78. The van der Waals surface area contributed by atoms with Gasteiger partial charge in [0.1, 0.15) is 11.7 Å². The molecule has 4 aromatic rings. The number of aryl methyl sites for hydroxylation is 1. The first-order valence-corrected chi connectivity index (χ1v) is 14.1. The molecule has 0 aromatic carbocycles. The van der Waals surface area contributed by atoms with Crippen LogP contribution in [-0.4, -0.2) is 66.6 Å². The van der Waals surface area contributed by atoms with Gasteiger partial charge >= 0.3 is 5.76 Å². The number of hydrogen-bond donors (Lipinski definition) is 1. The largest absolute Gasteiger partial charge is 0.439 e. The number of pyridine rings is 2. The van der Waals surface area contributed by atoms with Crippen molar-refractivity contribution in [1.82, 2.24) is 34.6 Å². The van der Waals surface area contributed by atoms with Crippen molar-refractivity contribution in [1.29, 1.82) is 0 Å². The van der Waals surface area contributed by atoms with Gasteiger partial charge in [0.15, 0.2) is 0 Å². The number of imidazole rings is 1. The maximum Gasteiger partial charge on any atom is 0.439 e. The molecular weight excluding hydrogens is 532 g/mol. The number of carbonyl (C=O) groups excluding carboxylic acids is 1. The summed E-state index contributed by atoms with van der Waals surface area (Å²) in [5.41, 5.74) is 3.11. The topological polar surface area (TPSA) is 126 Å². The summed E-state index contributed by atoms with van der Waals surface area (Å²) in [6.07, 6.45) is 9.75. The van der Waals surface area contributed by atoms with Crippen molar-refractivity contribution in [3.63, 3.8) is 0 Å². The van der Waals surface area contributed by atoms with Crippen LogP contribution >= 0.6 is 11.6 Å². The van der Waals surface area contributed by atoms with E-state index in [4.69, 9.17) is 26.1 Å². The number of carbonyl (C=O) groups is 1. The number of aromatic nitrogens is 6. The maximum atomic E-state index is 13.5. The first kappa shape index (κ1) is 26.5. The minimum absolute atomic E-state index is 0.0802. The molecule has 40 heavy (non-hydrogen) atoms. The summed E-state index contributed by atoms with van der Waals surface area (Å²) < 4.78 is 6.77. The van der Waals surface area contributed by atoms with E-state index in [9.17, 15) is 9.59 Å². The number of halogens is 1. The third-order valence-electron chi connectivity index (χ3n) is 8.40. The summed E-state index contributed by atoms with van der Waals surface area (Å²) in [6, 6.07) is 3.48. The second kappa shape index (κ2) is 10.3. The molecule has 0 spiro atoms. The molecule has 210 valence electrons. The molecular formula is C28H33ClN8O3. The minimum Gasteiger partial charge on any atom is -0.347 e. The molecule has 3 unspecified atom stereocenters. The van der Waals surface area contributed by atoms with E-state index in [0.717, 1.165) is 37.1 Å². The van der Waals surface area contributed by atoms with Crippen LogP contribution in [0.5, 0.6) is 0 Å². The number of likely N-dealkylation sites (N-methyl/N-ethyl adjacent to an activating group) is 1. The van der Waals surface area contributed by atoms with Gasteiger partial charge in [-0.15, -0.1) is 0 Å². The second-order valence-electron chi connectivity index (χ2n) is 11.4. The van der Waals surface area contributed by atoms with Crippen molar-refractivity contribution in [2.75, 3.05) is 19.0 Å². The summed E-state index contributed by atoms with van der Waals surface area (Å²) in [5.74, 6) is 1.50. The van der Waals surface area contributed by atoms with Gasteiger partial charge in [0.05, 0.1) is 21.7 Å². The summed E-state index contributed by atoms with van der Waals surface area (Å²) >= 11 is 6.32. The summed E-state index contributed by atoms with van der Waals surface area (Å²) in [7, 11) is 5.58. The summed E-state index contributed by atoms with van der Waals surface area (Å²) in [6.45, 7) is 2.33. The second-order valence-corrected chi connectivity index (χ2v) is 11.8. The number of hydrogen-bond acceptors (Lipinski definition) is 8. The molecule has 1 saturated carbocycles. The summed E-state index contributed by atoms with van der Waals surface area (Å²) in [4.78, 5) is 46.0. The average Bonchev–Trinajstić information content (AvgIpc) is 3.64. The normalized spacial score (nSPS) is 23.2. The van der Waals surface area contributed by atoms with E-state index in [2.05, 4.69) is 26.9 Å². The molecule has 11 nitrogen and oxygen atoms in total. The molecule has 1 aliphatic heterocycles. The number of fused-ring (bicyclic) bond motifs is 1. The van der Waals surface area contributed by atoms with Crippen molar-refractivity contribution in [2.45, 2.75) is 57.5 Å². The molecule has 0 bridgehead atoms. The van der Waals surface area contributed by atoms with Gasteiger partial charge in [-0.05, 0) is 49.7 Å². The van der Waals surface area contributed by atoms with Gasteiger partial charge in [-0.25, -0.2) is 14.8 Å². The van der Waals surface area contributed by atoms with E-state index in [0.29, 0.717) is 39.3 Å². The quantitative estimate of drug-likeness (QED) is 0.381. The lowest BCUT2D eigenvalue weighted by Crippen LogP contribution is -2.49. The van der Waals surface area contributed by atoms with Crippen LogP contribution in [0.4, 0.5) is 5.95 Å². The Morgan fingerprint density at radius 3 is 2.67 bits per heavy atom. The number of nitrogens with one attached hydrogen (secondary N) is 1. The lowest BCUT2D eigenvalue weighted by Gasteiger charge is -2.39. The van der Waals surface area contributed by atoms with Crippen LogP contribution in [0.25, 0.3) is 33.8 Å². The van der Waals surface area contributed by atoms with Gasteiger partial charge in [-0.3, -0.25) is 19.3 Å². The van der Waals surface area contributed by atoms with Crippen LogP contribution in [0.3, 0.4) is 0 Å². The fraction of sp³-hybridized carbons (Fsp3) is 0.500. The highest BCUT2D eigenvalue weighted by Crippen LogP contribution is 2.43. The Labute approximate surface area is 236 Å². The minimum atomic E-state index is -0.670. The van der Waals surface area contributed by atoms with Gasteiger partial charge in [-0.2, -0.15) is 0 Å². The number of H-pyrrole nitrogens is 1. The molecule has 1 amide bonds. The van der Waals surface area contributed by atoms with Crippen molar-refractivity contribution < 1.29 is 9.32 Å². The van der Waals surface area contributed by atoms with Gasteiger partial charge in [0.2, 0.25) is 17.7 Å². The van der Waals surface area contributed by atoms with Crippen LogP contribution in [0, 0.1) is 11.8 Å². The number of nitrogens with zero attached hydrogens (tertiary/aromatic N) is 7. The van der Waals surface area contributed by atoms with Crippen LogP contribution in [0.2, 0.25) is 5.02 Å². The SMILES string of the molecule is C[C@H]1CCCC(C2CCC(C(=O)N(C)C)N2c2nc3cc(-c4noc(=O)[nH]4)nc(-c4cncc(Cl)c4)c3n2C)C1. The van der Waals surface area contributed by atoms with Crippen molar-refractivity contribution in [3.05, 3.63) is 40.1 Å². The van der Waals surface area contributed by atoms with Crippen molar-refractivity contribution in [2.24, 2.45) is 18.9 Å². The van der Waals surface area contributed by atoms with Crippen LogP contribution in [0.1, 0.15) is 45.4 Å². The molecule has 0 radical (unpaired) electrons. The number of aromatic amines is 1. The Balaban J connectivity index is 1.55. The third-order valence-corrected chi connectivity index (χ3v) is 8.60. The fourth-order valence-electron chi connectivity index (χ4n) is 6.62. The monoisotopic (exact) mass is 564 g/mol. The predicted octanol–water partition coefficient (Wildman–Crippen LogP) is 4.28. The Bertz CT molecular complexity index is 1630. The maximum absolute atomic E-state index is 13.5. The zero-order valence-corrected chi connectivity index (χ0v) is 23.9. The fourth-order valence-corrected chi connectivity index (χ4v) is 6.79. The molecule has 2 fully saturated rings. The average molecular weight is 565 g/mol. The Kier molecular flexibility index (Phi) is 6.85. The summed E-state index contributed by atoms with van der Waals surface area (Å²) in [5, 5.41) is 4.31. The van der Waals surface area contributed by atoms with Crippen molar-refractivity contribution >= 4 is 34.5 Å². The molecule has 1 N–H and O–H groups in total. The standard InChI is InChI=1S/C28H33ClN8O3/c1-15-6-5-7-16(10-15)21-8-9-22(26(38)35(2)3)37(21)27-32-19-12-20(25-33-28(39)40-34-25)31-23(24(19)36(27)4)17-11-18(29)14-30-13-17/h11-16,21-22H,5-10H2,1-4H3,(H,33,34,39)/t15-,16?,21?,22?/m0/s1. The zero-order chi connectivity index (χ0) is 28.1. The van der Waals surface area contributed by atoms with Gasteiger partial charge in [0, 0.05) is 45.1 Å². The third kappa shape index (κ3) is 4.66. The van der Waals surface area contributed by atoms with Crippen LogP contribution < -0.4 is 10.7 Å². The van der Waals surface area contributed by atoms with E-state index >= 15 is 0 Å². The van der Waals surface area contributed by atoms with Crippen molar-refractivity contribution in [3.8, 4) is 22.8 Å². The molecule has 4 atom stereocenters. The van der Waals surface area contributed by atoms with Crippen LogP contribution in [-0.2, 0) is 11.8 Å². The first-order chi connectivity index (χ1) is 19.2. The molecule has 1 saturated heterocycles. The van der Waals surface area contributed by atoms with E-state index < -0.39 is 5.76 Å². The molecule has 12 heteroatoms. The number of amides is 1. The molecule has 6 rings (SSSR count). The highest BCUT2D eigenvalue weighted by Gasteiger charge is 2.44. The lowest BCUT2D eigenvalue weighted by molar-refractivity contribution is -0.129. The first-order valence-electron chi connectivity index (χ1n) is 13.8. The Morgan fingerprint density at radius 1 is 1.15 bits per heavy atom. The Morgan fingerprint density at radius 2 is 1.98 bits per heavy atom. The molecule has 2 aliphatic rings. The van der Waals surface area contributed by atoms with E-state index in [1.165, 1.54) is 12.8 Å². The number of rotatable bonds is 5. The molecule has 4 aromatic heterocycles. The van der Waals surface area contributed by atoms with Crippen LogP contribution in [0.15, 0.2) is 33.8 Å². The van der Waals surface area contributed by atoms with E-state index in [1.807, 2.05) is 25.7 Å². The zero-order valence-electron chi connectivity index (χ0n) is 23.1. The molecule has 5 heterocycles. The number of anilines is 1. The molecule has 1 aliphatic carbocycles. The predicted molar refractivity (Wildman–Crippen MR) is 152 cm³/mol.